The van der Waals surface area contributed by atoms with E-state index < -0.39 is 44.1 Å². The number of fused-ring (bicyclic) bond motifs is 1. The highest BCUT2D eigenvalue weighted by Crippen LogP contribution is 2.57. The predicted octanol–water partition coefficient (Wildman–Crippen LogP) is 1.18. The number of rotatable bonds is 11. The molecule has 0 radical (unpaired) electrons. The van der Waals surface area contributed by atoms with Crippen LogP contribution in [0, 0.1) is 0 Å². The van der Waals surface area contributed by atoms with Crippen LogP contribution in [0.1, 0.15) is 26.7 Å². The summed E-state index contributed by atoms with van der Waals surface area (Å²) in [5.74, 6) is 0.0234. The summed E-state index contributed by atoms with van der Waals surface area (Å²) in [6, 6.07) is 0. The molecule has 188 valence electrons. The number of imidazole rings is 1. The number of nitrogens with zero attached hydrogens (tertiary/aromatic N) is 4. The van der Waals surface area contributed by atoms with E-state index in [1.165, 1.54) is 26.4 Å². The minimum Gasteiger partial charge on any atom is -0.435 e. The molecule has 1 aliphatic carbocycles. The molecule has 0 amide bonds. The molecule has 0 atom stereocenters. The number of nitrogen functional groups attached to an aromatic ring is 1. The summed E-state index contributed by atoms with van der Waals surface area (Å²) in [6.45, 7) is 1.20. The first-order chi connectivity index (χ1) is 16.0. The maximum atomic E-state index is 12.6. The summed E-state index contributed by atoms with van der Waals surface area (Å²) in [5.41, 5.74) is 5.41. The number of carbonyl (C=O) groups excluding carboxylic acids is 2. The van der Waals surface area contributed by atoms with Gasteiger partial charge in [-0.15, -0.1) is 0 Å². The van der Waals surface area contributed by atoms with Gasteiger partial charge in [-0.3, -0.25) is 4.57 Å². The third-order valence-electron chi connectivity index (χ3n) is 4.94. The van der Waals surface area contributed by atoms with E-state index in [0.29, 0.717) is 24.0 Å². The van der Waals surface area contributed by atoms with Gasteiger partial charge in [0.2, 0.25) is 11.3 Å². The van der Waals surface area contributed by atoms with E-state index in [1.807, 2.05) is 0 Å². The van der Waals surface area contributed by atoms with Crippen molar-refractivity contribution in [2.24, 2.45) is 0 Å². The minimum atomic E-state index is -5.22. The van der Waals surface area contributed by atoms with Crippen LogP contribution in [0.4, 0.5) is 15.5 Å². The molecule has 2 aromatic rings. The van der Waals surface area contributed by atoms with Gasteiger partial charge in [-0.05, 0) is 26.7 Å². The molecule has 0 aliphatic heterocycles. The van der Waals surface area contributed by atoms with Crippen LogP contribution in [0.3, 0.4) is 0 Å². The van der Waals surface area contributed by atoms with Gasteiger partial charge in [-0.2, -0.15) is 4.98 Å². The summed E-state index contributed by atoms with van der Waals surface area (Å²) in [7, 11) is -5.22. The monoisotopic (exact) mass is 503 g/mol. The Kier molecular flexibility index (Phi) is 7.60. The highest BCUT2D eigenvalue weighted by Gasteiger charge is 2.59. The van der Waals surface area contributed by atoms with Gasteiger partial charge >= 0.3 is 19.9 Å². The first-order valence-electron chi connectivity index (χ1n) is 10.3. The topological polar surface area (TPSA) is 207 Å². The van der Waals surface area contributed by atoms with Gasteiger partial charge in [0.1, 0.15) is 18.7 Å². The second kappa shape index (κ2) is 10.1. The first kappa shape index (κ1) is 25.6. The molecule has 0 bridgehead atoms. The van der Waals surface area contributed by atoms with Crippen molar-refractivity contribution in [3.05, 3.63) is 12.5 Å². The van der Waals surface area contributed by atoms with Crippen molar-refractivity contribution in [2.75, 3.05) is 32.2 Å². The normalized spacial score (nSPS) is 15.1. The van der Waals surface area contributed by atoms with E-state index in [2.05, 4.69) is 24.4 Å². The van der Waals surface area contributed by atoms with E-state index in [4.69, 9.17) is 19.9 Å². The molecule has 16 heteroatoms. The molecular formula is C18H26N5O10P. The number of hydrogen-bond donors (Lipinski definition) is 3. The number of aromatic nitrogens is 4. The molecule has 1 fully saturated rings. The van der Waals surface area contributed by atoms with Gasteiger partial charge in [0, 0.05) is 0 Å². The summed E-state index contributed by atoms with van der Waals surface area (Å²) >= 11 is 0. The number of carbonyl (C=O) groups is 2. The van der Waals surface area contributed by atoms with Crippen molar-refractivity contribution in [3.63, 3.8) is 0 Å². The van der Waals surface area contributed by atoms with E-state index in [0.717, 1.165) is 0 Å². The molecule has 34 heavy (non-hydrogen) atoms. The van der Waals surface area contributed by atoms with Crippen molar-refractivity contribution in [1.29, 1.82) is 0 Å². The Morgan fingerprint density at radius 1 is 1.12 bits per heavy atom. The van der Waals surface area contributed by atoms with Gasteiger partial charge in [0.15, 0.2) is 5.65 Å². The Balaban J connectivity index is 1.88. The van der Waals surface area contributed by atoms with Crippen molar-refractivity contribution in [2.45, 2.75) is 44.2 Å². The standard InChI is InChI=1S/C18H26N5O10P/c1-3-29-15(24)31-9-18(34(26,27)28,10-32-16(25)30-4-2)33-17(5-6-17)8-23-11-21-12-7-20-14(19)22-13(12)23/h7,11H,3-6,8-10H2,1-2H3,(H2,19,20,22)(H2,26,27,28). The van der Waals surface area contributed by atoms with Gasteiger partial charge in [0.25, 0.3) is 0 Å². The predicted molar refractivity (Wildman–Crippen MR) is 114 cm³/mol. The van der Waals surface area contributed by atoms with Crippen molar-refractivity contribution in [1.82, 2.24) is 19.5 Å². The smallest absolute Gasteiger partial charge is 0.435 e. The van der Waals surface area contributed by atoms with Crippen LogP contribution in [0.5, 0.6) is 0 Å². The Morgan fingerprint density at radius 3 is 2.21 bits per heavy atom. The van der Waals surface area contributed by atoms with Crippen LogP contribution in [0.2, 0.25) is 0 Å². The quantitative estimate of drug-likeness (QED) is 0.291. The fraction of sp³-hybridized carbons (Fsp3) is 0.611. The number of ether oxygens (including phenoxy) is 5. The summed E-state index contributed by atoms with van der Waals surface area (Å²) in [6.07, 6.45) is 1.36. The molecule has 0 unspecified atom stereocenters. The summed E-state index contributed by atoms with van der Waals surface area (Å²) in [5, 5.41) is -2.52. The number of nitrogens with two attached hydrogens (primary N) is 1. The molecule has 15 nitrogen and oxygen atoms in total. The lowest BCUT2D eigenvalue weighted by atomic mass is 10.3. The van der Waals surface area contributed by atoms with E-state index in [9.17, 15) is 23.9 Å². The molecule has 0 aromatic carbocycles. The Bertz CT molecular complexity index is 1060. The third kappa shape index (κ3) is 5.91. The van der Waals surface area contributed by atoms with E-state index >= 15 is 0 Å². The van der Waals surface area contributed by atoms with Gasteiger partial charge < -0.3 is 43.8 Å². The molecule has 2 heterocycles. The fourth-order valence-corrected chi connectivity index (χ4v) is 3.90. The Labute approximate surface area is 193 Å². The van der Waals surface area contributed by atoms with Crippen molar-refractivity contribution < 1.29 is 47.6 Å². The molecule has 1 saturated carbocycles. The van der Waals surface area contributed by atoms with Crippen LogP contribution in [-0.2, 0) is 34.8 Å². The van der Waals surface area contributed by atoms with Gasteiger partial charge in [-0.1, -0.05) is 0 Å². The lowest BCUT2D eigenvalue weighted by Gasteiger charge is -2.36. The van der Waals surface area contributed by atoms with Gasteiger partial charge in [0.05, 0.1) is 37.9 Å². The molecular weight excluding hydrogens is 477 g/mol. The average Bonchev–Trinajstić information content (AvgIpc) is 3.41. The summed E-state index contributed by atoms with van der Waals surface area (Å²) < 4.78 is 39.3. The molecule has 0 spiro atoms. The summed E-state index contributed by atoms with van der Waals surface area (Å²) in [4.78, 5) is 56.1. The fourth-order valence-electron chi connectivity index (χ4n) is 3.12. The zero-order valence-electron chi connectivity index (χ0n) is 18.6. The number of hydrogen-bond acceptors (Lipinski definition) is 12. The maximum absolute atomic E-state index is 12.6. The maximum Gasteiger partial charge on any atom is 0.508 e. The molecule has 0 saturated heterocycles. The van der Waals surface area contributed by atoms with Crippen molar-refractivity contribution in [3.8, 4) is 0 Å². The minimum absolute atomic E-state index is 0.0233. The highest BCUT2D eigenvalue weighted by molar-refractivity contribution is 7.53. The zero-order chi connectivity index (χ0) is 25.0. The molecule has 3 rings (SSSR count). The SMILES string of the molecule is CCOC(=O)OCC(COC(=O)OCC)(OC1(Cn2cnc3cnc(N)nc32)CC1)P(=O)(O)O. The Morgan fingerprint density at radius 2 is 1.71 bits per heavy atom. The van der Waals surface area contributed by atoms with E-state index in [1.54, 1.807) is 4.57 Å². The second-order valence-electron chi connectivity index (χ2n) is 7.53. The lowest BCUT2D eigenvalue weighted by Crippen LogP contribution is -2.48. The van der Waals surface area contributed by atoms with Crippen LogP contribution in [-0.4, -0.2) is 79.0 Å². The molecule has 2 aromatic heterocycles. The van der Waals surface area contributed by atoms with Crippen LogP contribution in [0.15, 0.2) is 12.5 Å². The Hall–Kier alpha value is -3.00. The largest absolute Gasteiger partial charge is 0.508 e. The average molecular weight is 503 g/mol. The van der Waals surface area contributed by atoms with Crippen LogP contribution < -0.4 is 5.73 Å². The van der Waals surface area contributed by atoms with Crippen molar-refractivity contribution >= 4 is 37.0 Å². The van der Waals surface area contributed by atoms with Crippen LogP contribution in [0.25, 0.3) is 11.2 Å². The first-order valence-corrected chi connectivity index (χ1v) is 11.9. The van der Waals surface area contributed by atoms with Crippen LogP contribution >= 0.6 is 7.60 Å². The number of anilines is 1. The van der Waals surface area contributed by atoms with Gasteiger partial charge in [-0.25, -0.2) is 19.6 Å². The third-order valence-corrected chi connectivity index (χ3v) is 6.35. The zero-order valence-corrected chi connectivity index (χ0v) is 19.5. The lowest BCUT2D eigenvalue weighted by molar-refractivity contribution is -0.130. The van der Waals surface area contributed by atoms with E-state index in [-0.39, 0.29) is 25.7 Å². The molecule has 4 N–H and O–H groups in total. The second-order valence-corrected chi connectivity index (χ2v) is 9.43. The molecule has 1 aliphatic rings. The highest BCUT2D eigenvalue weighted by atomic mass is 31.2.